The highest BCUT2D eigenvalue weighted by Gasteiger charge is 2.21. The summed E-state index contributed by atoms with van der Waals surface area (Å²) in [4.78, 5) is 2.31. The normalized spacial score (nSPS) is 19.7. The number of hydrogen-bond donors (Lipinski definition) is 2. The highest BCUT2D eigenvalue weighted by molar-refractivity contribution is 5.81. The predicted octanol–water partition coefficient (Wildman–Crippen LogP) is 1.80. The van der Waals surface area contributed by atoms with E-state index >= 15 is 0 Å². The Hall–Kier alpha value is -1.64. The Kier molecular flexibility index (Phi) is 2.31. The zero-order valence-corrected chi connectivity index (χ0v) is 9.20. The molecule has 0 aliphatic carbocycles. The molecule has 1 unspecified atom stereocenters. The van der Waals surface area contributed by atoms with E-state index in [1.165, 1.54) is 5.69 Å². The lowest BCUT2D eigenvalue weighted by atomic mass is 10.0. The lowest BCUT2D eigenvalue weighted by Crippen LogP contribution is -2.35. The van der Waals surface area contributed by atoms with Gasteiger partial charge in [0.15, 0.2) is 0 Å². The van der Waals surface area contributed by atoms with Crippen LogP contribution in [0.1, 0.15) is 19.4 Å². The lowest BCUT2D eigenvalue weighted by Gasteiger charge is -2.34. The molecule has 0 aromatic heterocycles. The number of nitrogen functional groups attached to an aromatic ring is 1. The van der Waals surface area contributed by atoms with E-state index in [-0.39, 0.29) is 0 Å². The summed E-state index contributed by atoms with van der Waals surface area (Å²) in [5.41, 5.74) is 15.6. The van der Waals surface area contributed by atoms with Gasteiger partial charge in [-0.2, -0.15) is 0 Å². The quantitative estimate of drug-likeness (QED) is 0.684. The van der Waals surface area contributed by atoms with Crippen LogP contribution in [-0.4, -0.2) is 12.6 Å². The highest BCUT2D eigenvalue weighted by Crippen LogP contribution is 2.32. The first-order valence-electron chi connectivity index (χ1n) is 5.27. The second kappa shape index (κ2) is 3.50. The highest BCUT2D eigenvalue weighted by atomic mass is 15.2. The Morgan fingerprint density at radius 2 is 2.07 bits per heavy atom. The molecule has 3 nitrogen and oxygen atoms in total. The molecular weight excluding hydrogens is 186 g/mol. The number of nitrogens with two attached hydrogens (primary N) is 2. The summed E-state index contributed by atoms with van der Waals surface area (Å²) < 4.78 is 0. The first kappa shape index (κ1) is 9.90. The molecule has 1 aromatic carbocycles. The van der Waals surface area contributed by atoms with E-state index in [0.717, 1.165) is 23.5 Å². The van der Waals surface area contributed by atoms with Gasteiger partial charge in [0.2, 0.25) is 0 Å². The van der Waals surface area contributed by atoms with Crippen LogP contribution in [0.4, 0.5) is 11.4 Å². The molecule has 0 saturated heterocycles. The molecule has 1 aliphatic rings. The van der Waals surface area contributed by atoms with Gasteiger partial charge in [-0.1, -0.05) is 0 Å². The third-order valence-corrected chi connectivity index (χ3v) is 2.89. The van der Waals surface area contributed by atoms with E-state index in [2.05, 4.69) is 24.8 Å². The van der Waals surface area contributed by atoms with Crippen molar-refractivity contribution in [1.29, 1.82) is 0 Å². The van der Waals surface area contributed by atoms with Gasteiger partial charge in [-0.15, -0.1) is 0 Å². The molecule has 3 heteroatoms. The van der Waals surface area contributed by atoms with Gasteiger partial charge < -0.3 is 16.4 Å². The number of hydrogen-bond acceptors (Lipinski definition) is 3. The van der Waals surface area contributed by atoms with Crippen molar-refractivity contribution in [3.05, 3.63) is 29.8 Å². The van der Waals surface area contributed by atoms with Crippen molar-refractivity contribution in [3.63, 3.8) is 0 Å². The van der Waals surface area contributed by atoms with Crippen LogP contribution in [-0.2, 0) is 0 Å². The number of fused-ring (bicyclic) bond motifs is 1. The maximum atomic E-state index is 6.00. The number of benzene rings is 1. The number of likely N-dealkylation sites (N-methyl/N-ethyl adjacent to an activating group) is 1. The SMILES string of the molecule is CCN1c2ccc(N)cc2C(N)=CC1C. The van der Waals surface area contributed by atoms with E-state index in [1.54, 1.807) is 0 Å². The molecule has 15 heavy (non-hydrogen) atoms. The molecule has 2 rings (SSSR count). The summed E-state index contributed by atoms with van der Waals surface area (Å²) in [6.45, 7) is 5.27. The number of anilines is 2. The van der Waals surface area contributed by atoms with E-state index in [0.29, 0.717) is 6.04 Å². The lowest BCUT2D eigenvalue weighted by molar-refractivity contribution is 0.749. The summed E-state index contributed by atoms with van der Waals surface area (Å²) >= 11 is 0. The number of rotatable bonds is 1. The fraction of sp³-hybridized carbons (Fsp3) is 0.333. The molecule has 0 fully saturated rings. The Labute approximate surface area is 90.4 Å². The molecule has 0 bridgehead atoms. The Bertz CT molecular complexity index is 409. The molecule has 0 saturated carbocycles. The summed E-state index contributed by atoms with van der Waals surface area (Å²) in [5, 5.41) is 0. The van der Waals surface area contributed by atoms with Gasteiger partial charge in [-0.25, -0.2) is 0 Å². The van der Waals surface area contributed by atoms with E-state index in [1.807, 2.05) is 18.2 Å². The Morgan fingerprint density at radius 1 is 1.33 bits per heavy atom. The smallest absolute Gasteiger partial charge is 0.0467 e. The van der Waals surface area contributed by atoms with Crippen LogP contribution >= 0.6 is 0 Å². The van der Waals surface area contributed by atoms with Crippen molar-refractivity contribution in [1.82, 2.24) is 0 Å². The zero-order valence-electron chi connectivity index (χ0n) is 9.20. The number of nitrogens with zero attached hydrogens (tertiary/aromatic N) is 1. The summed E-state index contributed by atoms with van der Waals surface area (Å²) in [7, 11) is 0. The fourth-order valence-electron chi connectivity index (χ4n) is 2.15. The van der Waals surface area contributed by atoms with Gasteiger partial charge in [0.05, 0.1) is 0 Å². The first-order valence-corrected chi connectivity index (χ1v) is 5.27. The molecule has 1 heterocycles. The molecule has 0 amide bonds. The predicted molar refractivity (Wildman–Crippen MR) is 65.5 cm³/mol. The largest absolute Gasteiger partial charge is 0.399 e. The van der Waals surface area contributed by atoms with Gasteiger partial charge in [-0.05, 0) is 38.1 Å². The van der Waals surface area contributed by atoms with E-state index in [4.69, 9.17) is 11.5 Å². The van der Waals surface area contributed by atoms with Crippen molar-refractivity contribution >= 4 is 17.1 Å². The first-order chi connectivity index (χ1) is 7.13. The van der Waals surface area contributed by atoms with Gasteiger partial charge in [0.25, 0.3) is 0 Å². The molecule has 1 aromatic rings. The van der Waals surface area contributed by atoms with Crippen LogP contribution in [0.3, 0.4) is 0 Å². The standard InChI is InChI=1S/C12H17N3/c1-3-15-8(2)6-11(14)10-7-9(13)4-5-12(10)15/h4-8H,3,13-14H2,1-2H3. The van der Waals surface area contributed by atoms with Crippen LogP contribution in [0.5, 0.6) is 0 Å². The zero-order chi connectivity index (χ0) is 11.0. The minimum absolute atomic E-state index is 0.353. The monoisotopic (exact) mass is 203 g/mol. The molecule has 0 radical (unpaired) electrons. The summed E-state index contributed by atoms with van der Waals surface area (Å²) in [5.74, 6) is 0. The molecule has 0 spiro atoms. The molecule has 80 valence electrons. The third kappa shape index (κ3) is 1.54. The molecule has 1 aliphatic heterocycles. The Balaban J connectivity index is 2.57. The third-order valence-electron chi connectivity index (χ3n) is 2.89. The van der Waals surface area contributed by atoms with Gasteiger partial charge in [0.1, 0.15) is 0 Å². The minimum Gasteiger partial charge on any atom is -0.399 e. The second-order valence-electron chi connectivity index (χ2n) is 3.93. The van der Waals surface area contributed by atoms with Gasteiger partial charge in [-0.3, -0.25) is 0 Å². The second-order valence-corrected chi connectivity index (χ2v) is 3.93. The minimum atomic E-state index is 0.353. The molecular formula is C12H17N3. The van der Waals surface area contributed by atoms with Crippen molar-refractivity contribution in [2.24, 2.45) is 5.73 Å². The van der Waals surface area contributed by atoms with Crippen molar-refractivity contribution < 1.29 is 0 Å². The maximum absolute atomic E-state index is 6.00. The molecule has 4 N–H and O–H groups in total. The summed E-state index contributed by atoms with van der Waals surface area (Å²) in [6, 6.07) is 6.26. The average Bonchev–Trinajstić information content (AvgIpc) is 2.19. The van der Waals surface area contributed by atoms with Gasteiger partial charge >= 0.3 is 0 Å². The van der Waals surface area contributed by atoms with Gasteiger partial charge in [0, 0.05) is 35.2 Å². The van der Waals surface area contributed by atoms with Crippen LogP contribution in [0.15, 0.2) is 24.3 Å². The molecule has 1 atom stereocenters. The van der Waals surface area contributed by atoms with Crippen LogP contribution in [0.2, 0.25) is 0 Å². The van der Waals surface area contributed by atoms with Crippen LogP contribution < -0.4 is 16.4 Å². The summed E-state index contributed by atoms with van der Waals surface area (Å²) in [6.07, 6.45) is 2.07. The van der Waals surface area contributed by atoms with Crippen LogP contribution in [0, 0.1) is 0 Å². The topological polar surface area (TPSA) is 55.3 Å². The maximum Gasteiger partial charge on any atom is 0.0467 e. The van der Waals surface area contributed by atoms with Crippen molar-refractivity contribution in [3.8, 4) is 0 Å². The van der Waals surface area contributed by atoms with Crippen molar-refractivity contribution in [2.45, 2.75) is 19.9 Å². The van der Waals surface area contributed by atoms with E-state index < -0.39 is 0 Å². The fourth-order valence-corrected chi connectivity index (χ4v) is 2.15. The Morgan fingerprint density at radius 3 is 2.73 bits per heavy atom. The van der Waals surface area contributed by atoms with E-state index in [9.17, 15) is 0 Å². The average molecular weight is 203 g/mol. The van der Waals surface area contributed by atoms with Crippen LogP contribution in [0.25, 0.3) is 5.70 Å². The van der Waals surface area contributed by atoms with Crippen molar-refractivity contribution in [2.75, 3.05) is 17.2 Å².